The smallest absolute Gasteiger partial charge is 0.256 e. The van der Waals surface area contributed by atoms with Crippen LogP contribution in [0.3, 0.4) is 0 Å². The van der Waals surface area contributed by atoms with E-state index >= 15 is 0 Å². The first kappa shape index (κ1) is 20.1. The first-order chi connectivity index (χ1) is 15.6. The van der Waals surface area contributed by atoms with Gasteiger partial charge in [0.25, 0.3) is 5.91 Å². The normalized spacial score (nSPS) is 15.8. The lowest BCUT2D eigenvalue weighted by Gasteiger charge is -2.08. The highest BCUT2D eigenvalue weighted by atomic mass is 16.1. The summed E-state index contributed by atoms with van der Waals surface area (Å²) in [4.78, 5) is 26.1. The van der Waals surface area contributed by atoms with Crippen LogP contribution in [-0.4, -0.2) is 31.8 Å². The van der Waals surface area contributed by atoms with Gasteiger partial charge in [-0.2, -0.15) is 0 Å². The molecule has 0 saturated carbocycles. The largest absolute Gasteiger partial charge is 0.382 e. The summed E-state index contributed by atoms with van der Waals surface area (Å²) in [7, 11) is 0. The van der Waals surface area contributed by atoms with Crippen LogP contribution in [0.25, 0.3) is 16.8 Å². The molecule has 1 saturated heterocycles. The minimum Gasteiger partial charge on any atom is -0.382 e. The van der Waals surface area contributed by atoms with Gasteiger partial charge in [0.1, 0.15) is 28.7 Å². The molecule has 1 fully saturated rings. The van der Waals surface area contributed by atoms with E-state index in [-0.39, 0.29) is 11.9 Å². The zero-order valence-electron chi connectivity index (χ0n) is 17.9. The van der Waals surface area contributed by atoms with Crippen molar-refractivity contribution in [3.05, 3.63) is 71.9 Å². The van der Waals surface area contributed by atoms with Gasteiger partial charge in [-0.15, -0.1) is 0 Å². The molecule has 3 aromatic heterocycles. The van der Waals surface area contributed by atoms with Crippen LogP contribution in [-0.2, 0) is 6.42 Å². The number of benzene rings is 1. The number of imidazole rings is 1. The summed E-state index contributed by atoms with van der Waals surface area (Å²) in [6.45, 7) is 3.05. The third kappa shape index (κ3) is 3.69. The van der Waals surface area contributed by atoms with Crippen molar-refractivity contribution >= 4 is 23.1 Å². The molecule has 1 atom stereocenters. The Morgan fingerprint density at radius 3 is 2.81 bits per heavy atom. The van der Waals surface area contributed by atoms with E-state index in [1.807, 2.05) is 34.9 Å². The molecule has 5 rings (SSSR count). The lowest BCUT2D eigenvalue weighted by Crippen LogP contribution is -2.16. The lowest BCUT2D eigenvalue weighted by molar-refractivity contribution is 0.102. The number of rotatable bonds is 5. The second-order valence-electron chi connectivity index (χ2n) is 7.93. The predicted octanol–water partition coefficient (Wildman–Crippen LogP) is 3.61. The van der Waals surface area contributed by atoms with Crippen LogP contribution in [0.15, 0.2) is 55.0 Å². The molecule has 4 N–H and O–H groups in total. The molecule has 0 spiro atoms. The van der Waals surface area contributed by atoms with E-state index in [1.54, 1.807) is 24.5 Å². The molecule has 162 valence electrons. The third-order valence-electron chi connectivity index (χ3n) is 5.88. The number of anilines is 2. The average Bonchev–Trinajstić information content (AvgIpc) is 3.48. The van der Waals surface area contributed by atoms with Crippen LogP contribution < -0.4 is 16.4 Å². The van der Waals surface area contributed by atoms with E-state index in [2.05, 4.69) is 27.5 Å². The van der Waals surface area contributed by atoms with Crippen molar-refractivity contribution in [1.29, 1.82) is 0 Å². The van der Waals surface area contributed by atoms with Gasteiger partial charge in [0.05, 0.1) is 6.04 Å². The highest BCUT2D eigenvalue weighted by molar-refractivity contribution is 6.04. The Bertz CT molecular complexity index is 1270. The monoisotopic (exact) mass is 427 g/mol. The Hall–Kier alpha value is -3.78. The number of carbonyl (C=O) groups is 1. The number of hydrogen-bond acceptors (Lipinski definition) is 6. The molecule has 32 heavy (non-hydrogen) atoms. The third-order valence-corrected chi connectivity index (χ3v) is 5.88. The SMILES string of the molecule is CCc1ccnc(NC(=O)c2ccc(-c3nc(C4CCCN4)n4ccnc(N)c34)cc2)c1. The minimum absolute atomic E-state index is 0.189. The average molecular weight is 428 g/mol. The lowest BCUT2D eigenvalue weighted by atomic mass is 10.1. The summed E-state index contributed by atoms with van der Waals surface area (Å²) < 4.78 is 2.02. The van der Waals surface area contributed by atoms with Gasteiger partial charge >= 0.3 is 0 Å². The van der Waals surface area contributed by atoms with Crippen LogP contribution in [0.2, 0.25) is 0 Å². The molecular weight excluding hydrogens is 402 g/mol. The second-order valence-corrected chi connectivity index (χ2v) is 7.93. The van der Waals surface area contributed by atoms with Crippen molar-refractivity contribution in [3.8, 4) is 11.3 Å². The molecule has 0 aliphatic carbocycles. The Kier molecular flexibility index (Phi) is 5.28. The number of nitrogens with zero attached hydrogens (tertiary/aromatic N) is 4. The Labute approximate surface area is 185 Å². The zero-order chi connectivity index (χ0) is 22.1. The molecule has 1 amide bonds. The van der Waals surface area contributed by atoms with E-state index in [4.69, 9.17) is 10.7 Å². The van der Waals surface area contributed by atoms with E-state index in [0.717, 1.165) is 54.0 Å². The summed E-state index contributed by atoms with van der Waals surface area (Å²) in [5.41, 5.74) is 10.3. The number of amides is 1. The van der Waals surface area contributed by atoms with Crippen molar-refractivity contribution in [2.24, 2.45) is 0 Å². The Morgan fingerprint density at radius 2 is 2.06 bits per heavy atom. The van der Waals surface area contributed by atoms with Crippen LogP contribution >= 0.6 is 0 Å². The summed E-state index contributed by atoms with van der Waals surface area (Å²) in [6, 6.07) is 11.4. The number of nitrogens with two attached hydrogens (primary N) is 1. The zero-order valence-corrected chi connectivity index (χ0v) is 17.9. The van der Waals surface area contributed by atoms with Gasteiger partial charge in [0.15, 0.2) is 0 Å². The minimum atomic E-state index is -0.205. The number of hydrogen-bond donors (Lipinski definition) is 3. The van der Waals surface area contributed by atoms with Crippen LogP contribution in [0.5, 0.6) is 0 Å². The first-order valence-electron chi connectivity index (χ1n) is 10.9. The fourth-order valence-corrected chi connectivity index (χ4v) is 4.17. The molecule has 8 heteroatoms. The highest BCUT2D eigenvalue weighted by Gasteiger charge is 2.24. The number of carbonyl (C=O) groups excluding carboxylic acids is 1. The number of pyridine rings is 1. The Balaban J connectivity index is 1.45. The van der Waals surface area contributed by atoms with Crippen molar-refractivity contribution in [2.45, 2.75) is 32.2 Å². The van der Waals surface area contributed by atoms with Gasteiger partial charge in [0.2, 0.25) is 0 Å². The molecule has 8 nitrogen and oxygen atoms in total. The van der Waals surface area contributed by atoms with Crippen molar-refractivity contribution in [2.75, 3.05) is 17.6 Å². The maximum atomic E-state index is 12.7. The molecule has 4 heterocycles. The molecular formula is C24H25N7O. The van der Waals surface area contributed by atoms with Gasteiger partial charge < -0.3 is 16.4 Å². The summed E-state index contributed by atoms with van der Waals surface area (Å²) in [5, 5.41) is 6.37. The van der Waals surface area contributed by atoms with Crippen molar-refractivity contribution in [1.82, 2.24) is 24.7 Å². The van der Waals surface area contributed by atoms with Crippen LogP contribution in [0, 0.1) is 0 Å². The Morgan fingerprint density at radius 1 is 1.22 bits per heavy atom. The quantitative estimate of drug-likeness (QED) is 0.449. The molecule has 0 bridgehead atoms. The van der Waals surface area contributed by atoms with Gasteiger partial charge in [-0.1, -0.05) is 19.1 Å². The van der Waals surface area contributed by atoms with Crippen molar-refractivity contribution in [3.63, 3.8) is 0 Å². The van der Waals surface area contributed by atoms with E-state index in [0.29, 0.717) is 17.2 Å². The standard InChI is InChI=1S/C24H25N7O/c1-2-15-9-11-27-19(14-15)29-24(32)17-7-5-16(6-8-17)20-21-22(25)28-12-13-31(21)23(30-20)18-4-3-10-26-18/h5-9,11-14,18,26H,2-4,10H2,1H3,(H2,25,28)(H,27,29,32). The van der Waals surface area contributed by atoms with Gasteiger partial charge in [0, 0.05) is 29.7 Å². The predicted molar refractivity (Wildman–Crippen MR) is 124 cm³/mol. The molecule has 0 radical (unpaired) electrons. The van der Waals surface area contributed by atoms with Crippen LogP contribution in [0.4, 0.5) is 11.6 Å². The number of nitrogen functional groups attached to an aromatic ring is 1. The van der Waals surface area contributed by atoms with Gasteiger partial charge in [-0.3, -0.25) is 9.20 Å². The number of fused-ring (bicyclic) bond motifs is 1. The molecule has 4 aromatic rings. The molecule has 1 aliphatic heterocycles. The summed E-state index contributed by atoms with van der Waals surface area (Å²) in [5.74, 6) is 1.71. The van der Waals surface area contributed by atoms with E-state index in [9.17, 15) is 4.79 Å². The second kappa shape index (κ2) is 8.39. The van der Waals surface area contributed by atoms with E-state index < -0.39 is 0 Å². The summed E-state index contributed by atoms with van der Waals surface area (Å²) >= 11 is 0. The first-order valence-corrected chi connectivity index (χ1v) is 10.9. The molecule has 1 aliphatic rings. The maximum Gasteiger partial charge on any atom is 0.256 e. The number of nitrogens with one attached hydrogen (secondary N) is 2. The highest BCUT2D eigenvalue weighted by Crippen LogP contribution is 2.32. The summed E-state index contributed by atoms with van der Waals surface area (Å²) in [6.07, 6.45) is 8.34. The molecule has 1 aromatic carbocycles. The maximum absolute atomic E-state index is 12.7. The van der Waals surface area contributed by atoms with Gasteiger partial charge in [-0.25, -0.2) is 15.0 Å². The number of aromatic nitrogens is 4. The fourth-order valence-electron chi connectivity index (χ4n) is 4.17. The number of aryl methyl sites for hydroxylation is 1. The van der Waals surface area contributed by atoms with Gasteiger partial charge in [-0.05, 0) is 55.6 Å². The van der Waals surface area contributed by atoms with Crippen molar-refractivity contribution < 1.29 is 4.79 Å². The van der Waals surface area contributed by atoms with E-state index in [1.165, 1.54) is 0 Å². The molecule has 1 unspecified atom stereocenters. The topological polar surface area (TPSA) is 110 Å². The fraction of sp³-hybridized carbons (Fsp3) is 0.250. The van der Waals surface area contributed by atoms with Crippen LogP contribution in [0.1, 0.15) is 47.6 Å².